The number of amides is 1. The zero-order chi connectivity index (χ0) is 14.5. The molecule has 1 amide bonds. The smallest absolute Gasteiger partial charge is 0.236 e. The summed E-state index contributed by atoms with van der Waals surface area (Å²) in [6, 6.07) is 6.48. The fraction of sp³-hybridized carbons (Fsp3) is 0.333. The van der Waals surface area contributed by atoms with Gasteiger partial charge >= 0.3 is 0 Å². The van der Waals surface area contributed by atoms with E-state index in [2.05, 4.69) is 42.3 Å². The van der Waals surface area contributed by atoms with E-state index in [0.29, 0.717) is 11.7 Å². The van der Waals surface area contributed by atoms with E-state index in [0.717, 1.165) is 5.75 Å². The van der Waals surface area contributed by atoms with Crippen molar-refractivity contribution >= 4 is 23.6 Å². The fourth-order valence-electron chi connectivity index (χ4n) is 2.06. The highest BCUT2D eigenvalue weighted by atomic mass is 32.2. The first-order valence-electron chi connectivity index (χ1n) is 6.46. The Kier molecular flexibility index (Phi) is 4.84. The molecule has 4 nitrogen and oxygen atoms in total. The van der Waals surface area contributed by atoms with E-state index in [1.807, 2.05) is 7.05 Å². The fourth-order valence-corrected chi connectivity index (χ4v) is 2.82. The van der Waals surface area contributed by atoms with Crippen LogP contribution in [-0.4, -0.2) is 21.2 Å². The standard InChI is InChI=1S/C15H19N3OS/c1-11-6-12(2)8-13(7-11)9-20-10-14(19)17-15-16-4-5-18(15)3/h4-8H,9-10H2,1-3H3,(H,16,17,19). The predicted octanol–water partition coefficient (Wildman–Crippen LogP) is 2.91. The van der Waals surface area contributed by atoms with Crippen LogP contribution in [0.1, 0.15) is 16.7 Å². The average molecular weight is 289 g/mol. The largest absolute Gasteiger partial charge is 0.320 e. The molecule has 20 heavy (non-hydrogen) atoms. The molecule has 0 bridgehead atoms. The third kappa shape index (κ3) is 4.13. The number of nitrogens with one attached hydrogen (secondary N) is 1. The molecule has 2 aromatic rings. The Morgan fingerprint density at radius 1 is 1.30 bits per heavy atom. The SMILES string of the molecule is Cc1cc(C)cc(CSCC(=O)Nc2nccn2C)c1. The highest BCUT2D eigenvalue weighted by Gasteiger charge is 2.06. The van der Waals surface area contributed by atoms with Crippen LogP contribution in [0.25, 0.3) is 0 Å². The second-order valence-corrected chi connectivity index (χ2v) is 5.88. The molecule has 5 heteroatoms. The van der Waals surface area contributed by atoms with Crippen molar-refractivity contribution in [2.75, 3.05) is 11.1 Å². The minimum atomic E-state index is -0.0197. The van der Waals surface area contributed by atoms with E-state index in [-0.39, 0.29) is 5.91 Å². The summed E-state index contributed by atoms with van der Waals surface area (Å²) < 4.78 is 1.78. The van der Waals surface area contributed by atoms with Crippen LogP contribution in [0.15, 0.2) is 30.6 Å². The van der Waals surface area contributed by atoms with Gasteiger partial charge in [-0.2, -0.15) is 0 Å². The lowest BCUT2D eigenvalue weighted by Crippen LogP contribution is -2.16. The van der Waals surface area contributed by atoms with Crippen LogP contribution in [0, 0.1) is 13.8 Å². The first-order valence-corrected chi connectivity index (χ1v) is 7.62. The van der Waals surface area contributed by atoms with Crippen molar-refractivity contribution < 1.29 is 4.79 Å². The van der Waals surface area contributed by atoms with E-state index in [4.69, 9.17) is 0 Å². The Hall–Kier alpha value is -1.75. The summed E-state index contributed by atoms with van der Waals surface area (Å²) in [7, 11) is 1.85. The number of benzene rings is 1. The summed E-state index contributed by atoms with van der Waals surface area (Å²) in [6.07, 6.45) is 3.47. The van der Waals surface area contributed by atoms with Crippen LogP contribution in [0.2, 0.25) is 0 Å². The lowest BCUT2D eigenvalue weighted by Gasteiger charge is -2.06. The molecule has 0 saturated carbocycles. The van der Waals surface area contributed by atoms with Gasteiger partial charge in [0.2, 0.25) is 11.9 Å². The summed E-state index contributed by atoms with van der Waals surface area (Å²) in [5.41, 5.74) is 3.79. The Morgan fingerprint density at radius 2 is 2.00 bits per heavy atom. The minimum absolute atomic E-state index is 0.0197. The number of nitrogens with zero attached hydrogens (tertiary/aromatic N) is 2. The summed E-state index contributed by atoms with van der Waals surface area (Å²) in [6.45, 7) is 4.18. The van der Waals surface area contributed by atoms with Gasteiger partial charge in [0.1, 0.15) is 0 Å². The first kappa shape index (κ1) is 14.7. The number of imidazole rings is 1. The zero-order valence-corrected chi connectivity index (χ0v) is 12.8. The van der Waals surface area contributed by atoms with Crippen LogP contribution in [0.3, 0.4) is 0 Å². The van der Waals surface area contributed by atoms with Gasteiger partial charge in [-0.25, -0.2) is 4.98 Å². The van der Waals surface area contributed by atoms with Crippen LogP contribution >= 0.6 is 11.8 Å². The van der Waals surface area contributed by atoms with Gasteiger partial charge in [-0.1, -0.05) is 29.3 Å². The Labute approximate surface area is 123 Å². The van der Waals surface area contributed by atoms with Crippen molar-refractivity contribution in [2.24, 2.45) is 7.05 Å². The van der Waals surface area contributed by atoms with Crippen molar-refractivity contribution in [3.8, 4) is 0 Å². The third-order valence-electron chi connectivity index (χ3n) is 2.86. The molecule has 0 aliphatic heterocycles. The van der Waals surface area contributed by atoms with Gasteiger partial charge in [-0.3, -0.25) is 10.1 Å². The van der Waals surface area contributed by atoms with Crippen LogP contribution in [0.4, 0.5) is 5.95 Å². The predicted molar refractivity (Wildman–Crippen MR) is 83.9 cm³/mol. The van der Waals surface area contributed by atoms with Crippen molar-refractivity contribution in [1.82, 2.24) is 9.55 Å². The number of aryl methyl sites for hydroxylation is 3. The van der Waals surface area contributed by atoms with Crippen molar-refractivity contribution in [1.29, 1.82) is 0 Å². The minimum Gasteiger partial charge on any atom is -0.320 e. The molecule has 0 spiro atoms. The number of hydrogen-bond donors (Lipinski definition) is 1. The lowest BCUT2D eigenvalue weighted by molar-refractivity contribution is -0.113. The van der Waals surface area contributed by atoms with Crippen molar-refractivity contribution in [2.45, 2.75) is 19.6 Å². The molecular formula is C15H19N3OS. The van der Waals surface area contributed by atoms with Gasteiger partial charge in [0.25, 0.3) is 0 Å². The topological polar surface area (TPSA) is 46.9 Å². The second kappa shape index (κ2) is 6.61. The van der Waals surface area contributed by atoms with E-state index in [1.165, 1.54) is 16.7 Å². The lowest BCUT2D eigenvalue weighted by atomic mass is 10.1. The molecule has 0 radical (unpaired) electrons. The molecule has 106 valence electrons. The maximum Gasteiger partial charge on any atom is 0.236 e. The zero-order valence-electron chi connectivity index (χ0n) is 12.0. The highest BCUT2D eigenvalue weighted by molar-refractivity contribution is 7.99. The number of aromatic nitrogens is 2. The number of anilines is 1. The van der Waals surface area contributed by atoms with E-state index >= 15 is 0 Å². The normalized spacial score (nSPS) is 10.6. The molecule has 0 aliphatic carbocycles. The molecule has 0 saturated heterocycles. The summed E-state index contributed by atoms with van der Waals surface area (Å²) in [5.74, 6) is 1.84. The van der Waals surface area contributed by atoms with Crippen LogP contribution in [-0.2, 0) is 17.6 Å². The van der Waals surface area contributed by atoms with Gasteiger partial charge in [0.15, 0.2) is 0 Å². The molecule has 0 unspecified atom stereocenters. The average Bonchev–Trinajstić information content (AvgIpc) is 2.73. The quantitative estimate of drug-likeness (QED) is 0.920. The molecule has 0 atom stereocenters. The van der Waals surface area contributed by atoms with E-state index in [1.54, 1.807) is 28.7 Å². The Balaban J connectivity index is 1.81. The number of carbonyl (C=O) groups is 1. The van der Waals surface area contributed by atoms with Crippen molar-refractivity contribution in [3.05, 3.63) is 47.3 Å². The molecule has 1 aromatic heterocycles. The van der Waals surface area contributed by atoms with Gasteiger partial charge in [0, 0.05) is 25.2 Å². The summed E-state index contributed by atoms with van der Waals surface area (Å²) >= 11 is 1.61. The molecule has 1 aromatic carbocycles. The van der Waals surface area contributed by atoms with Gasteiger partial charge in [-0.15, -0.1) is 11.8 Å². The number of thioether (sulfide) groups is 1. The Morgan fingerprint density at radius 3 is 2.60 bits per heavy atom. The maximum absolute atomic E-state index is 11.8. The van der Waals surface area contributed by atoms with Gasteiger partial charge in [0.05, 0.1) is 5.75 Å². The van der Waals surface area contributed by atoms with Crippen LogP contribution in [0.5, 0.6) is 0 Å². The molecule has 0 fully saturated rings. The molecular weight excluding hydrogens is 270 g/mol. The Bertz CT molecular complexity index is 587. The molecule has 0 aliphatic rings. The highest BCUT2D eigenvalue weighted by Crippen LogP contribution is 2.16. The van der Waals surface area contributed by atoms with Gasteiger partial charge in [-0.05, 0) is 19.4 Å². The summed E-state index contributed by atoms with van der Waals surface area (Å²) in [4.78, 5) is 15.9. The first-order chi connectivity index (χ1) is 9.54. The third-order valence-corrected chi connectivity index (χ3v) is 3.86. The van der Waals surface area contributed by atoms with Gasteiger partial charge < -0.3 is 4.57 Å². The van der Waals surface area contributed by atoms with E-state index < -0.39 is 0 Å². The monoisotopic (exact) mass is 289 g/mol. The number of hydrogen-bond acceptors (Lipinski definition) is 3. The van der Waals surface area contributed by atoms with Crippen molar-refractivity contribution in [3.63, 3.8) is 0 Å². The number of carbonyl (C=O) groups excluding carboxylic acids is 1. The maximum atomic E-state index is 11.8. The molecule has 1 N–H and O–H groups in total. The summed E-state index contributed by atoms with van der Waals surface area (Å²) in [5, 5.41) is 2.79. The van der Waals surface area contributed by atoms with E-state index in [9.17, 15) is 4.79 Å². The molecule has 2 rings (SSSR count). The number of rotatable bonds is 5. The van der Waals surface area contributed by atoms with Crippen LogP contribution < -0.4 is 5.32 Å². The second-order valence-electron chi connectivity index (χ2n) is 4.90. The molecule has 1 heterocycles.